The number of hydrogen-bond acceptors (Lipinski definition) is 3. The van der Waals surface area contributed by atoms with Gasteiger partial charge in [0.2, 0.25) is 5.91 Å². The molecule has 1 aliphatic heterocycles. The topological polar surface area (TPSA) is 50.2 Å². The van der Waals surface area contributed by atoms with E-state index in [1.807, 2.05) is 48.9 Å². The molecule has 2 heterocycles. The molecule has 0 spiro atoms. The third kappa shape index (κ3) is 4.10. The van der Waals surface area contributed by atoms with Crippen LogP contribution in [-0.4, -0.2) is 40.2 Å². The van der Waals surface area contributed by atoms with E-state index >= 15 is 0 Å². The lowest BCUT2D eigenvalue weighted by molar-refractivity contribution is -0.117. The van der Waals surface area contributed by atoms with Crippen molar-refractivity contribution >= 4 is 11.6 Å². The number of nitrogens with zero attached hydrogens (tertiary/aromatic N) is 3. The van der Waals surface area contributed by atoms with E-state index in [0.29, 0.717) is 18.4 Å². The van der Waals surface area contributed by atoms with E-state index < -0.39 is 0 Å². The summed E-state index contributed by atoms with van der Waals surface area (Å²) in [5.41, 5.74) is 3.63. The van der Waals surface area contributed by atoms with Gasteiger partial charge in [-0.05, 0) is 44.2 Å². The molecule has 2 atom stereocenters. The molecule has 0 radical (unpaired) electrons. The summed E-state index contributed by atoms with van der Waals surface area (Å²) < 4.78 is 1.88. The lowest BCUT2D eigenvalue weighted by atomic mass is 9.92. The van der Waals surface area contributed by atoms with Crippen molar-refractivity contribution in [3.05, 3.63) is 41.7 Å². The van der Waals surface area contributed by atoms with Crippen molar-refractivity contribution in [2.24, 2.45) is 11.8 Å². The second kappa shape index (κ2) is 7.40. The standard InChI is InChI=1S/C20H28N4O/c1-14-10-15(2)12-23(11-14)13-19(25)21-20-16(3)22-24(17(20)4)18-8-6-5-7-9-18/h5-9,14-15H,10-13H2,1-4H3,(H,21,25). The fraction of sp³-hybridized carbons (Fsp3) is 0.500. The van der Waals surface area contributed by atoms with Gasteiger partial charge in [0, 0.05) is 13.1 Å². The third-order valence-electron chi connectivity index (χ3n) is 4.87. The van der Waals surface area contributed by atoms with Crippen LogP contribution in [0.5, 0.6) is 0 Å². The fourth-order valence-corrected chi connectivity index (χ4v) is 3.95. The Kier molecular flexibility index (Phi) is 5.23. The normalized spacial score (nSPS) is 21.3. The lowest BCUT2D eigenvalue weighted by Gasteiger charge is -2.34. The maximum atomic E-state index is 12.6. The molecule has 1 aromatic heterocycles. The number of carbonyl (C=O) groups excluding carboxylic acids is 1. The number of nitrogens with one attached hydrogen (secondary N) is 1. The van der Waals surface area contributed by atoms with Gasteiger partial charge in [-0.25, -0.2) is 4.68 Å². The number of benzene rings is 1. The van der Waals surface area contributed by atoms with Gasteiger partial charge in [0.25, 0.3) is 0 Å². The Hall–Kier alpha value is -2.14. The number of carbonyl (C=O) groups is 1. The molecule has 134 valence electrons. The van der Waals surface area contributed by atoms with Crippen LogP contribution in [0.1, 0.15) is 31.7 Å². The molecule has 3 rings (SSSR count). The summed E-state index contributed by atoms with van der Waals surface area (Å²) in [6.45, 7) is 10.9. The van der Waals surface area contributed by atoms with E-state index in [2.05, 4.69) is 29.2 Å². The summed E-state index contributed by atoms with van der Waals surface area (Å²) in [7, 11) is 0. The minimum Gasteiger partial charge on any atom is -0.322 e. The molecule has 2 unspecified atom stereocenters. The monoisotopic (exact) mass is 340 g/mol. The van der Waals surface area contributed by atoms with Gasteiger partial charge < -0.3 is 5.32 Å². The number of aryl methyl sites for hydroxylation is 1. The van der Waals surface area contributed by atoms with E-state index in [1.54, 1.807) is 0 Å². The highest BCUT2D eigenvalue weighted by Gasteiger charge is 2.24. The van der Waals surface area contributed by atoms with E-state index in [9.17, 15) is 4.79 Å². The highest BCUT2D eigenvalue weighted by molar-refractivity contribution is 5.93. The van der Waals surface area contributed by atoms with Gasteiger partial charge >= 0.3 is 0 Å². The minimum absolute atomic E-state index is 0.0418. The van der Waals surface area contributed by atoms with Crippen LogP contribution < -0.4 is 5.32 Å². The number of hydrogen-bond donors (Lipinski definition) is 1. The zero-order chi connectivity index (χ0) is 18.0. The maximum Gasteiger partial charge on any atom is 0.238 e. The summed E-state index contributed by atoms with van der Waals surface area (Å²) >= 11 is 0. The number of amides is 1. The van der Waals surface area contributed by atoms with Crippen molar-refractivity contribution in [3.8, 4) is 5.69 Å². The Morgan fingerprint density at radius 1 is 1.16 bits per heavy atom. The molecule has 1 saturated heterocycles. The molecule has 5 nitrogen and oxygen atoms in total. The molecular formula is C20H28N4O. The molecule has 5 heteroatoms. The Morgan fingerprint density at radius 2 is 1.80 bits per heavy atom. The second-order valence-corrected chi connectivity index (χ2v) is 7.48. The predicted molar refractivity (Wildman–Crippen MR) is 101 cm³/mol. The average Bonchev–Trinajstić information content (AvgIpc) is 2.83. The van der Waals surface area contributed by atoms with Gasteiger partial charge in [0.15, 0.2) is 0 Å². The van der Waals surface area contributed by atoms with Crippen LogP contribution in [0.25, 0.3) is 5.69 Å². The quantitative estimate of drug-likeness (QED) is 0.928. The van der Waals surface area contributed by atoms with Crippen molar-refractivity contribution in [3.63, 3.8) is 0 Å². The summed E-state index contributed by atoms with van der Waals surface area (Å²) in [5, 5.41) is 7.67. The molecule has 1 aliphatic rings. The first-order chi connectivity index (χ1) is 11.9. The van der Waals surface area contributed by atoms with Crippen LogP contribution in [0.4, 0.5) is 5.69 Å². The minimum atomic E-state index is 0.0418. The molecule has 1 fully saturated rings. The molecular weight excluding hydrogens is 312 g/mol. The number of aromatic nitrogens is 2. The number of piperidine rings is 1. The van der Waals surface area contributed by atoms with Crippen LogP contribution in [0, 0.1) is 25.7 Å². The van der Waals surface area contributed by atoms with Crippen molar-refractivity contribution in [1.82, 2.24) is 14.7 Å². The molecule has 1 N–H and O–H groups in total. The van der Waals surface area contributed by atoms with Crippen LogP contribution in [0.2, 0.25) is 0 Å². The Morgan fingerprint density at radius 3 is 2.44 bits per heavy atom. The van der Waals surface area contributed by atoms with E-state index in [0.717, 1.165) is 35.9 Å². The lowest BCUT2D eigenvalue weighted by Crippen LogP contribution is -2.42. The smallest absolute Gasteiger partial charge is 0.238 e. The summed E-state index contributed by atoms with van der Waals surface area (Å²) in [5.74, 6) is 1.35. The molecule has 0 bridgehead atoms. The van der Waals surface area contributed by atoms with Gasteiger partial charge in [-0.1, -0.05) is 32.0 Å². The molecule has 1 aromatic carbocycles. The van der Waals surface area contributed by atoms with Gasteiger partial charge in [-0.2, -0.15) is 5.10 Å². The van der Waals surface area contributed by atoms with Crippen LogP contribution >= 0.6 is 0 Å². The van der Waals surface area contributed by atoms with Gasteiger partial charge in [0.05, 0.1) is 29.3 Å². The predicted octanol–water partition coefficient (Wildman–Crippen LogP) is 3.41. The number of rotatable bonds is 4. The number of likely N-dealkylation sites (tertiary alicyclic amines) is 1. The summed E-state index contributed by atoms with van der Waals surface area (Å²) in [4.78, 5) is 14.8. The van der Waals surface area contributed by atoms with E-state index in [4.69, 9.17) is 0 Å². The SMILES string of the molecule is Cc1nn(-c2ccccc2)c(C)c1NC(=O)CN1CC(C)CC(C)C1. The molecule has 2 aromatic rings. The van der Waals surface area contributed by atoms with Crippen LogP contribution in [0.15, 0.2) is 30.3 Å². The van der Waals surface area contributed by atoms with Gasteiger partial charge in [-0.15, -0.1) is 0 Å². The molecule has 0 saturated carbocycles. The van der Waals surface area contributed by atoms with Crippen molar-refractivity contribution in [2.45, 2.75) is 34.1 Å². The molecule has 0 aliphatic carbocycles. The summed E-state index contributed by atoms with van der Waals surface area (Å²) in [6, 6.07) is 9.99. The van der Waals surface area contributed by atoms with Crippen LogP contribution in [-0.2, 0) is 4.79 Å². The van der Waals surface area contributed by atoms with E-state index in [-0.39, 0.29) is 5.91 Å². The highest BCUT2D eigenvalue weighted by Crippen LogP contribution is 2.24. The Balaban J connectivity index is 1.70. The number of para-hydroxylation sites is 1. The first-order valence-electron chi connectivity index (χ1n) is 9.08. The van der Waals surface area contributed by atoms with Crippen molar-refractivity contribution in [1.29, 1.82) is 0 Å². The maximum absolute atomic E-state index is 12.6. The average molecular weight is 340 g/mol. The van der Waals surface area contributed by atoms with Gasteiger partial charge in [0.1, 0.15) is 0 Å². The highest BCUT2D eigenvalue weighted by atomic mass is 16.2. The van der Waals surface area contributed by atoms with Gasteiger partial charge in [-0.3, -0.25) is 9.69 Å². The Labute approximate surface area is 150 Å². The molecule has 25 heavy (non-hydrogen) atoms. The fourth-order valence-electron chi connectivity index (χ4n) is 3.95. The van der Waals surface area contributed by atoms with E-state index in [1.165, 1.54) is 6.42 Å². The number of anilines is 1. The first kappa shape index (κ1) is 17.7. The van der Waals surface area contributed by atoms with Crippen LogP contribution in [0.3, 0.4) is 0 Å². The zero-order valence-corrected chi connectivity index (χ0v) is 15.6. The van der Waals surface area contributed by atoms with Crippen molar-refractivity contribution < 1.29 is 4.79 Å². The molecule has 1 amide bonds. The first-order valence-corrected chi connectivity index (χ1v) is 9.08. The third-order valence-corrected chi connectivity index (χ3v) is 4.87. The largest absolute Gasteiger partial charge is 0.322 e. The van der Waals surface area contributed by atoms with Crippen molar-refractivity contribution in [2.75, 3.05) is 25.0 Å². The Bertz CT molecular complexity index is 728. The second-order valence-electron chi connectivity index (χ2n) is 7.48. The zero-order valence-electron chi connectivity index (χ0n) is 15.6. The summed E-state index contributed by atoms with van der Waals surface area (Å²) in [6.07, 6.45) is 1.25.